The van der Waals surface area contributed by atoms with Crippen molar-refractivity contribution in [3.8, 4) is 0 Å². The van der Waals surface area contributed by atoms with E-state index >= 15 is 0 Å². The highest BCUT2D eigenvalue weighted by Gasteiger charge is 2.22. The Hall–Kier alpha value is -0.860. The van der Waals surface area contributed by atoms with E-state index in [1.807, 2.05) is 0 Å². The van der Waals surface area contributed by atoms with Crippen molar-refractivity contribution < 1.29 is 0 Å². The molecule has 1 aromatic rings. The van der Waals surface area contributed by atoms with E-state index in [-0.39, 0.29) is 0 Å². The number of nitrogens with zero attached hydrogens (tertiary/aromatic N) is 1. The van der Waals surface area contributed by atoms with Gasteiger partial charge in [0.05, 0.1) is 0 Å². The minimum Gasteiger partial charge on any atom is -0.326 e. The fourth-order valence-corrected chi connectivity index (χ4v) is 1.90. The summed E-state index contributed by atoms with van der Waals surface area (Å²) in [6, 6.07) is 8.62. The molecular weight excluding hydrogens is 184 g/mol. The van der Waals surface area contributed by atoms with Gasteiger partial charge in [0.15, 0.2) is 0 Å². The summed E-state index contributed by atoms with van der Waals surface area (Å²) in [5, 5.41) is 0. The molecule has 0 bridgehead atoms. The van der Waals surface area contributed by atoms with E-state index < -0.39 is 0 Å². The maximum absolute atomic E-state index is 5.56. The van der Waals surface area contributed by atoms with Crippen LogP contribution in [-0.4, -0.2) is 18.5 Å². The van der Waals surface area contributed by atoms with Gasteiger partial charge in [-0.2, -0.15) is 0 Å². The van der Waals surface area contributed by atoms with Crippen LogP contribution in [0.3, 0.4) is 0 Å². The van der Waals surface area contributed by atoms with Crippen molar-refractivity contribution >= 4 is 0 Å². The zero-order valence-electron chi connectivity index (χ0n) is 9.45. The predicted molar refractivity (Wildman–Crippen MR) is 63.4 cm³/mol. The molecule has 0 heterocycles. The first-order valence-corrected chi connectivity index (χ1v) is 5.74. The van der Waals surface area contributed by atoms with Crippen LogP contribution in [0.25, 0.3) is 0 Å². The number of nitrogens with two attached hydrogens (primary N) is 1. The predicted octanol–water partition coefficient (Wildman–Crippen LogP) is 1.99. The van der Waals surface area contributed by atoms with Gasteiger partial charge in [-0.15, -0.1) is 0 Å². The summed E-state index contributed by atoms with van der Waals surface area (Å²) in [5.41, 5.74) is 8.16. The number of hydrogen-bond donors (Lipinski definition) is 1. The van der Waals surface area contributed by atoms with Crippen LogP contribution >= 0.6 is 0 Å². The normalized spacial score (nSPS) is 15.9. The van der Waals surface area contributed by atoms with Crippen molar-refractivity contribution in [1.82, 2.24) is 4.90 Å². The molecule has 2 nitrogen and oxygen atoms in total. The molecule has 1 fully saturated rings. The summed E-state index contributed by atoms with van der Waals surface area (Å²) < 4.78 is 0. The third-order valence-electron chi connectivity index (χ3n) is 2.98. The van der Waals surface area contributed by atoms with Gasteiger partial charge in [0, 0.05) is 19.6 Å². The molecule has 2 N–H and O–H groups in total. The molecule has 0 radical (unpaired) electrons. The first-order valence-electron chi connectivity index (χ1n) is 5.74. The van der Waals surface area contributed by atoms with Crippen molar-refractivity contribution in [2.75, 3.05) is 13.6 Å². The maximum Gasteiger partial charge on any atom is 0.0230 e. The first-order chi connectivity index (χ1) is 7.28. The van der Waals surface area contributed by atoms with Gasteiger partial charge >= 0.3 is 0 Å². The quantitative estimate of drug-likeness (QED) is 0.794. The van der Waals surface area contributed by atoms with Crippen LogP contribution in [0, 0.1) is 5.92 Å². The second kappa shape index (κ2) is 4.77. The van der Waals surface area contributed by atoms with Crippen LogP contribution < -0.4 is 5.73 Å². The smallest absolute Gasteiger partial charge is 0.0230 e. The molecular formula is C13H20N2. The summed E-state index contributed by atoms with van der Waals surface area (Å²) in [7, 11) is 2.20. The van der Waals surface area contributed by atoms with Crippen molar-refractivity contribution in [2.45, 2.75) is 25.9 Å². The summed E-state index contributed by atoms with van der Waals surface area (Å²) in [6.07, 6.45) is 2.85. The standard InChI is InChI=1S/C13H20N2/c1-15(10-13-6-7-13)9-12-4-2-11(8-14)3-5-12/h2-5,13H,6-10,14H2,1H3. The summed E-state index contributed by atoms with van der Waals surface area (Å²) in [5.74, 6) is 0.971. The van der Waals surface area contributed by atoms with E-state index in [0.29, 0.717) is 6.54 Å². The lowest BCUT2D eigenvalue weighted by molar-refractivity contribution is 0.313. The highest BCUT2D eigenvalue weighted by atomic mass is 15.1. The topological polar surface area (TPSA) is 29.3 Å². The molecule has 0 amide bonds. The van der Waals surface area contributed by atoms with E-state index in [2.05, 4.69) is 36.2 Å². The molecule has 1 aliphatic carbocycles. The van der Waals surface area contributed by atoms with Crippen LogP contribution in [0.4, 0.5) is 0 Å². The van der Waals surface area contributed by atoms with E-state index in [4.69, 9.17) is 5.73 Å². The van der Waals surface area contributed by atoms with Crippen molar-refractivity contribution in [3.05, 3.63) is 35.4 Å². The van der Waals surface area contributed by atoms with Crippen LogP contribution in [0.2, 0.25) is 0 Å². The fraction of sp³-hybridized carbons (Fsp3) is 0.538. The SMILES string of the molecule is CN(Cc1ccc(CN)cc1)CC1CC1. The van der Waals surface area contributed by atoms with Crippen LogP contribution in [0.5, 0.6) is 0 Å². The average Bonchev–Trinajstić information content (AvgIpc) is 3.03. The Balaban J connectivity index is 1.85. The molecule has 15 heavy (non-hydrogen) atoms. The average molecular weight is 204 g/mol. The highest BCUT2D eigenvalue weighted by molar-refractivity contribution is 5.22. The van der Waals surface area contributed by atoms with Crippen LogP contribution in [-0.2, 0) is 13.1 Å². The minimum absolute atomic E-state index is 0.637. The van der Waals surface area contributed by atoms with Gasteiger partial charge in [0.1, 0.15) is 0 Å². The lowest BCUT2D eigenvalue weighted by Crippen LogP contribution is -2.20. The van der Waals surface area contributed by atoms with Gasteiger partial charge in [-0.05, 0) is 36.9 Å². The van der Waals surface area contributed by atoms with E-state index in [9.17, 15) is 0 Å². The molecule has 82 valence electrons. The lowest BCUT2D eigenvalue weighted by Gasteiger charge is -2.16. The van der Waals surface area contributed by atoms with Gasteiger partial charge in [0.2, 0.25) is 0 Å². The molecule has 0 aliphatic heterocycles. The van der Waals surface area contributed by atoms with Gasteiger partial charge in [-0.25, -0.2) is 0 Å². The molecule has 0 atom stereocenters. The van der Waals surface area contributed by atoms with Crippen molar-refractivity contribution in [3.63, 3.8) is 0 Å². The van der Waals surface area contributed by atoms with Gasteiger partial charge in [0.25, 0.3) is 0 Å². The molecule has 0 saturated heterocycles. The van der Waals surface area contributed by atoms with E-state index in [0.717, 1.165) is 12.5 Å². The van der Waals surface area contributed by atoms with Gasteiger partial charge in [-0.3, -0.25) is 0 Å². The second-order valence-corrected chi connectivity index (χ2v) is 4.66. The molecule has 2 heteroatoms. The molecule has 0 aromatic heterocycles. The van der Waals surface area contributed by atoms with Crippen LogP contribution in [0.1, 0.15) is 24.0 Å². The van der Waals surface area contributed by atoms with Gasteiger partial charge in [-0.1, -0.05) is 24.3 Å². The second-order valence-electron chi connectivity index (χ2n) is 4.66. The van der Waals surface area contributed by atoms with Crippen molar-refractivity contribution in [2.24, 2.45) is 11.7 Å². The number of rotatable bonds is 5. The van der Waals surface area contributed by atoms with E-state index in [1.54, 1.807) is 0 Å². The lowest BCUT2D eigenvalue weighted by atomic mass is 10.1. The van der Waals surface area contributed by atoms with E-state index in [1.165, 1.54) is 30.5 Å². The summed E-state index contributed by atoms with van der Waals surface area (Å²) >= 11 is 0. The third-order valence-corrected chi connectivity index (χ3v) is 2.98. The minimum atomic E-state index is 0.637. The van der Waals surface area contributed by atoms with Crippen LogP contribution in [0.15, 0.2) is 24.3 Å². The molecule has 1 aromatic carbocycles. The fourth-order valence-electron chi connectivity index (χ4n) is 1.90. The molecule has 1 aliphatic rings. The number of hydrogen-bond acceptors (Lipinski definition) is 2. The van der Waals surface area contributed by atoms with Crippen molar-refractivity contribution in [1.29, 1.82) is 0 Å². The molecule has 2 rings (SSSR count). The first kappa shape index (κ1) is 10.7. The monoisotopic (exact) mass is 204 g/mol. The third kappa shape index (κ3) is 3.33. The Morgan fingerprint density at radius 3 is 2.33 bits per heavy atom. The Kier molecular flexibility index (Phi) is 3.39. The highest BCUT2D eigenvalue weighted by Crippen LogP contribution is 2.29. The molecule has 1 saturated carbocycles. The molecule has 0 unspecified atom stereocenters. The maximum atomic E-state index is 5.56. The zero-order valence-corrected chi connectivity index (χ0v) is 9.45. The Labute approximate surface area is 92.1 Å². The largest absolute Gasteiger partial charge is 0.326 e. The summed E-state index contributed by atoms with van der Waals surface area (Å²) in [6.45, 7) is 2.94. The Bertz CT molecular complexity index is 301. The Morgan fingerprint density at radius 1 is 1.20 bits per heavy atom. The zero-order chi connectivity index (χ0) is 10.7. The summed E-state index contributed by atoms with van der Waals surface area (Å²) in [4.78, 5) is 2.41. The Morgan fingerprint density at radius 2 is 1.80 bits per heavy atom. The molecule has 0 spiro atoms. The van der Waals surface area contributed by atoms with Gasteiger partial charge < -0.3 is 10.6 Å². The number of benzene rings is 1.